The third kappa shape index (κ3) is 4.04. The Morgan fingerprint density at radius 2 is 2.11 bits per heavy atom. The molecule has 5 heteroatoms. The van der Waals surface area contributed by atoms with E-state index in [-0.39, 0.29) is 24.7 Å². The van der Waals surface area contributed by atoms with Crippen molar-refractivity contribution in [1.29, 1.82) is 0 Å². The van der Waals surface area contributed by atoms with Crippen molar-refractivity contribution in [2.75, 3.05) is 13.2 Å². The van der Waals surface area contributed by atoms with Gasteiger partial charge in [-0.1, -0.05) is 12.8 Å². The normalized spacial score (nSPS) is 38.2. The summed E-state index contributed by atoms with van der Waals surface area (Å²) in [6.45, 7) is 2.73. The van der Waals surface area contributed by atoms with E-state index < -0.39 is 0 Å². The zero-order valence-electron chi connectivity index (χ0n) is 16.6. The number of amides is 1. The van der Waals surface area contributed by atoms with Gasteiger partial charge in [-0.3, -0.25) is 4.79 Å². The molecule has 152 valence electrons. The first-order chi connectivity index (χ1) is 13.2. The van der Waals surface area contributed by atoms with Crippen LogP contribution < -0.4 is 5.32 Å². The maximum Gasteiger partial charge on any atom is 0.286 e. The van der Waals surface area contributed by atoms with Crippen molar-refractivity contribution in [2.24, 2.45) is 29.6 Å². The van der Waals surface area contributed by atoms with Crippen molar-refractivity contribution in [3.05, 3.63) is 11.8 Å². The molecule has 4 rings (SSSR count). The predicted octanol–water partition coefficient (Wildman–Crippen LogP) is 3.37. The molecule has 4 aliphatic rings. The second-order valence-electron chi connectivity index (χ2n) is 9.03. The molecule has 2 N–H and O–H groups in total. The standard InChI is InChI=1S/C22H35NO4/c1-2-26-22-17(7-4-10-24)18(15-5-3-6-15)13-20(27-22)21(25)23-19-12-14-8-9-16(19)11-14/h13-19,22,24H,2-12H2,1H3,(H,23,25)/t14?,16?,17-,18-,19?,22-/m0/s1. The number of aliphatic hydroxyl groups excluding tert-OH is 1. The fourth-order valence-electron chi connectivity index (χ4n) is 5.81. The molecule has 6 atom stereocenters. The van der Waals surface area contributed by atoms with E-state index in [0.717, 1.165) is 25.2 Å². The van der Waals surface area contributed by atoms with Crippen molar-refractivity contribution < 1.29 is 19.4 Å². The molecule has 2 bridgehead atoms. The van der Waals surface area contributed by atoms with Gasteiger partial charge in [0.15, 0.2) is 5.76 Å². The molecule has 1 aliphatic heterocycles. The lowest BCUT2D eigenvalue weighted by atomic mass is 9.68. The monoisotopic (exact) mass is 377 g/mol. The summed E-state index contributed by atoms with van der Waals surface area (Å²) in [6, 6.07) is 0.320. The van der Waals surface area contributed by atoms with Gasteiger partial charge in [0.2, 0.25) is 6.29 Å². The zero-order chi connectivity index (χ0) is 18.8. The molecule has 0 aromatic heterocycles. The highest BCUT2D eigenvalue weighted by Crippen LogP contribution is 2.46. The van der Waals surface area contributed by atoms with Crippen LogP contribution in [0.3, 0.4) is 0 Å². The average Bonchev–Trinajstić information content (AvgIpc) is 3.22. The van der Waals surface area contributed by atoms with E-state index >= 15 is 0 Å². The molecule has 1 heterocycles. The number of allylic oxidation sites excluding steroid dienone is 1. The number of hydrogen-bond acceptors (Lipinski definition) is 4. The second-order valence-corrected chi connectivity index (χ2v) is 9.03. The molecule has 0 spiro atoms. The summed E-state index contributed by atoms with van der Waals surface area (Å²) < 4.78 is 12.0. The first-order valence-electron chi connectivity index (χ1n) is 11.1. The first-order valence-corrected chi connectivity index (χ1v) is 11.1. The van der Waals surface area contributed by atoms with Crippen molar-refractivity contribution >= 4 is 5.91 Å². The van der Waals surface area contributed by atoms with E-state index in [1.807, 2.05) is 6.92 Å². The highest BCUT2D eigenvalue weighted by atomic mass is 16.7. The summed E-state index contributed by atoms with van der Waals surface area (Å²) in [5.41, 5.74) is 0. The fourth-order valence-corrected chi connectivity index (χ4v) is 5.81. The lowest BCUT2D eigenvalue weighted by Gasteiger charge is -2.43. The van der Waals surface area contributed by atoms with Crippen LogP contribution >= 0.6 is 0 Å². The Morgan fingerprint density at radius 1 is 1.26 bits per heavy atom. The molecule has 0 radical (unpaired) electrons. The highest BCUT2D eigenvalue weighted by molar-refractivity contribution is 5.91. The molecule has 0 aromatic rings. The van der Waals surface area contributed by atoms with Gasteiger partial charge in [0.25, 0.3) is 5.91 Å². The van der Waals surface area contributed by atoms with Crippen LogP contribution in [0.2, 0.25) is 0 Å². The molecular weight excluding hydrogens is 342 g/mol. The van der Waals surface area contributed by atoms with Crippen LogP contribution in [-0.4, -0.2) is 36.6 Å². The number of ether oxygens (including phenoxy) is 2. The van der Waals surface area contributed by atoms with Crippen LogP contribution in [0.5, 0.6) is 0 Å². The van der Waals surface area contributed by atoms with Gasteiger partial charge in [0.1, 0.15) is 0 Å². The third-order valence-corrected chi connectivity index (χ3v) is 7.43. The van der Waals surface area contributed by atoms with Crippen molar-refractivity contribution in [2.45, 2.75) is 77.0 Å². The number of hydrogen-bond donors (Lipinski definition) is 2. The summed E-state index contributed by atoms with van der Waals surface area (Å²) in [4.78, 5) is 13.0. The van der Waals surface area contributed by atoms with E-state index in [4.69, 9.17) is 9.47 Å². The number of nitrogens with one attached hydrogen (secondary N) is 1. The predicted molar refractivity (Wildman–Crippen MR) is 103 cm³/mol. The van der Waals surface area contributed by atoms with Gasteiger partial charge in [0.05, 0.1) is 0 Å². The summed E-state index contributed by atoms with van der Waals surface area (Å²) in [5, 5.41) is 12.6. The molecular formula is C22H35NO4. The topological polar surface area (TPSA) is 67.8 Å². The minimum Gasteiger partial charge on any atom is -0.459 e. The molecule has 27 heavy (non-hydrogen) atoms. The molecule has 3 aliphatic carbocycles. The van der Waals surface area contributed by atoms with Crippen LogP contribution in [0.4, 0.5) is 0 Å². The molecule has 3 fully saturated rings. The maximum atomic E-state index is 13.0. The van der Waals surface area contributed by atoms with Crippen LogP contribution in [0.15, 0.2) is 11.8 Å². The Morgan fingerprint density at radius 3 is 2.70 bits per heavy atom. The number of rotatable bonds is 8. The SMILES string of the molecule is CCO[C@H]1OC(C(=O)NC2CC3CCC2C3)=C[C@@H](C2CCC2)[C@@H]1CCCO. The summed E-state index contributed by atoms with van der Waals surface area (Å²) >= 11 is 0. The minimum atomic E-state index is -0.377. The lowest BCUT2D eigenvalue weighted by Crippen LogP contribution is -2.45. The van der Waals surface area contributed by atoms with E-state index in [2.05, 4.69) is 11.4 Å². The Kier molecular flexibility index (Phi) is 6.08. The van der Waals surface area contributed by atoms with E-state index in [1.54, 1.807) is 0 Å². The van der Waals surface area contributed by atoms with E-state index in [1.165, 1.54) is 38.5 Å². The van der Waals surface area contributed by atoms with Crippen LogP contribution in [-0.2, 0) is 14.3 Å². The van der Waals surface area contributed by atoms with Crippen molar-refractivity contribution in [3.63, 3.8) is 0 Å². The Labute approximate surface area is 162 Å². The minimum absolute atomic E-state index is 0.0535. The van der Waals surface area contributed by atoms with E-state index in [9.17, 15) is 9.90 Å². The Balaban J connectivity index is 1.48. The highest BCUT2D eigenvalue weighted by Gasteiger charge is 2.44. The fraction of sp³-hybridized carbons (Fsp3) is 0.864. The van der Waals surface area contributed by atoms with Gasteiger partial charge in [-0.05, 0) is 81.6 Å². The third-order valence-electron chi connectivity index (χ3n) is 7.43. The maximum absolute atomic E-state index is 13.0. The lowest BCUT2D eigenvalue weighted by molar-refractivity contribution is -0.178. The van der Waals surface area contributed by atoms with Crippen molar-refractivity contribution in [3.8, 4) is 0 Å². The largest absolute Gasteiger partial charge is 0.459 e. The quantitative estimate of drug-likeness (QED) is 0.680. The van der Waals surface area contributed by atoms with Crippen LogP contribution in [0, 0.1) is 29.6 Å². The summed E-state index contributed by atoms with van der Waals surface area (Å²) in [5.74, 6) is 3.04. The molecule has 1 amide bonds. The van der Waals surface area contributed by atoms with E-state index in [0.29, 0.717) is 36.2 Å². The van der Waals surface area contributed by atoms with Gasteiger partial charge in [0, 0.05) is 25.2 Å². The molecule has 5 nitrogen and oxygen atoms in total. The Bertz CT molecular complexity index is 559. The molecule has 0 aromatic carbocycles. The summed E-state index contributed by atoms with van der Waals surface area (Å²) in [6.07, 6.45) is 12.0. The number of aliphatic hydroxyl groups is 1. The molecule has 3 saturated carbocycles. The number of carbonyl (C=O) groups excluding carboxylic acids is 1. The number of carbonyl (C=O) groups is 1. The van der Waals surface area contributed by atoms with Crippen LogP contribution in [0.25, 0.3) is 0 Å². The zero-order valence-corrected chi connectivity index (χ0v) is 16.6. The van der Waals surface area contributed by atoms with Gasteiger partial charge in [-0.2, -0.15) is 0 Å². The number of fused-ring (bicyclic) bond motifs is 2. The van der Waals surface area contributed by atoms with Gasteiger partial charge in [-0.15, -0.1) is 0 Å². The Hall–Kier alpha value is -1.07. The van der Waals surface area contributed by atoms with Crippen molar-refractivity contribution in [1.82, 2.24) is 5.32 Å². The van der Waals surface area contributed by atoms with Gasteiger partial charge >= 0.3 is 0 Å². The van der Waals surface area contributed by atoms with Crippen LogP contribution in [0.1, 0.15) is 64.7 Å². The molecule has 3 unspecified atom stereocenters. The average molecular weight is 378 g/mol. The smallest absolute Gasteiger partial charge is 0.286 e. The molecule has 0 saturated heterocycles. The van der Waals surface area contributed by atoms with Gasteiger partial charge in [-0.25, -0.2) is 0 Å². The second kappa shape index (κ2) is 8.52. The van der Waals surface area contributed by atoms with Gasteiger partial charge < -0.3 is 19.9 Å². The first kappa shape index (κ1) is 19.3. The summed E-state index contributed by atoms with van der Waals surface area (Å²) in [7, 11) is 0.